The van der Waals surface area contributed by atoms with Crippen molar-refractivity contribution in [2.24, 2.45) is 0 Å². The number of hydrogen-bond acceptors (Lipinski definition) is 6. The van der Waals surface area contributed by atoms with E-state index in [1.54, 1.807) is 0 Å². The van der Waals surface area contributed by atoms with Gasteiger partial charge in [0.2, 0.25) is 11.8 Å². The van der Waals surface area contributed by atoms with E-state index in [9.17, 15) is 4.79 Å². The van der Waals surface area contributed by atoms with E-state index in [1.165, 1.54) is 0 Å². The Kier molecular flexibility index (Phi) is 7.36. The van der Waals surface area contributed by atoms with E-state index in [0.717, 1.165) is 31.7 Å². The van der Waals surface area contributed by atoms with Crippen LogP contribution in [0.1, 0.15) is 17.3 Å². The molecule has 3 rings (SSSR count). The minimum absolute atomic E-state index is 0. The molecule has 2 heterocycles. The summed E-state index contributed by atoms with van der Waals surface area (Å²) in [6, 6.07) is 10.0. The van der Waals surface area contributed by atoms with Crippen molar-refractivity contribution in [1.29, 1.82) is 0 Å². The van der Waals surface area contributed by atoms with Crippen LogP contribution in [-0.4, -0.2) is 65.6 Å². The molecule has 1 fully saturated rings. The van der Waals surface area contributed by atoms with Gasteiger partial charge in [0.25, 0.3) is 0 Å². The lowest BCUT2D eigenvalue weighted by Gasteiger charge is -2.28. The minimum atomic E-state index is 0. The molecule has 1 aliphatic rings. The van der Waals surface area contributed by atoms with E-state index in [4.69, 9.17) is 4.52 Å². The van der Waals surface area contributed by atoms with Crippen molar-refractivity contribution < 1.29 is 9.32 Å². The van der Waals surface area contributed by atoms with Crippen LogP contribution in [0.4, 0.5) is 0 Å². The standard InChI is InChI=1S/C17H23N5O2.ClH/c1-21(13-17(23)22-9-7-18-8-10-22)12-16-19-15(20-24-16)11-14-5-3-2-4-6-14;/h2-6,18H,7-13H2,1H3;1H. The van der Waals surface area contributed by atoms with Crippen molar-refractivity contribution in [2.45, 2.75) is 13.0 Å². The molecule has 2 aromatic rings. The third-order valence-corrected chi connectivity index (χ3v) is 4.00. The third-order valence-electron chi connectivity index (χ3n) is 4.00. The fourth-order valence-electron chi connectivity index (χ4n) is 2.74. The Morgan fingerprint density at radius 3 is 2.72 bits per heavy atom. The first-order valence-corrected chi connectivity index (χ1v) is 8.23. The predicted octanol–water partition coefficient (Wildman–Crippen LogP) is 0.946. The lowest BCUT2D eigenvalue weighted by molar-refractivity contribution is -0.132. The predicted molar refractivity (Wildman–Crippen MR) is 96.6 cm³/mol. The zero-order valence-electron chi connectivity index (χ0n) is 14.4. The average molecular weight is 366 g/mol. The summed E-state index contributed by atoms with van der Waals surface area (Å²) in [5.41, 5.74) is 1.15. The van der Waals surface area contributed by atoms with Crippen LogP contribution in [-0.2, 0) is 17.8 Å². The first-order chi connectivity index (χ1) is 11.7. The lowest BCUT2D eigenvalue weighted by atomic mass is 10.1. The first-order valence-electron chi connectivity index (χ1n) is 8.23. The quantitative estimate of drug-likeness (QED) is 0.821. The van der Waals surface area contributed by atoms with Crippen LogP contribution in [0.15, 0.2) is 34.9 Å². The number of hydrogen-bond donors (Lipinski definition) is 1. The highest BCUT2D eigenvalue weighted by molar-refractivity contribution is 5.85. The number of carbonyl (C=O) groups is 1. The summed E-state index contributed by atoms with van der Waals surface area (Å²) < 4.78 is 5.30. The zero-order chi connectivity index (χ0) is 16.8. The van der Waals surface area contributed by atoms with Gasteiger partial charge in [0.05, 0.1) is 13.1 Å². The van der Waals surface area contributed by atoms with Gasteiger partial charge in [0.1, 0.15) is 0 Å². The minimum Gasteiger partial charge on any atom is -0.339 e. The van der Waals surface area contributed by atoms with E-state index in [1.807, 2.05) is 47.2 Å². The molecule has 1 aliphatic heterocycles. The molecule has 7 nitrogen and oxygen atoms in total. The highest BCUT2D eigenvalue weighted by Gasteiger charge is 2.18. The Balaban J connectivity index is 0.00000225. The van der Waals surface area contributed by atoms with Crippen molar-refractivity contribution in [3.63, 3.8) is 0 Å². The Morgan fingerprint density at radius 2 is 2.00 bits per heavy atom. The molecule has 25 heavy (non-hydrogen) atoms. The van der Waals surface area contributed by atoms with Crippen LogP contribution in [0.25, 0.3) is 0 Å². The van der Waals surface area contributed by atoms with Gasteiger partial charge >= 0.3 is 0 Å². The van der Waals surface area contributed by atoms with Crippen LogP contribution < -0.4 is 5.32 Å². The van der Waals surface area contributed by atoms with Gasteiger partial charge in [-0.25, -0.2) is 0 Å². The number of piperazine rings is 1. The number of nitrogens with one attached hydrogen (secondary N) is 1. The molecule has 0 atom stereocenters. The molecule has 0 unspecified atom stereocenters. The third kappa shape index (κ3) is 5.81. The van der Waals surface area contributed by atoms with Crippen molar-refractivity contribution in [2.75, 3.05) is 39.8 Å². The van der Waals surface area contributed by atoms with Crippen LogP contribution in [0.3, 0.4) is 0 Å². The lowest BCUT2D eigenvalue weighted by Crippen LogP contribution is -2.49. The molecule has 1 aromatic heterocycles. The van der Waals surface area contributed by atoms with Gasteiger partial charge in [0, 0.05) is 32.6 Å². The summed E-state index contributed by atoms with van der Waals surface area (Å²) in [4.78, 5) is 20.4. The average Bonchev–Trinajstić information content (AvgIpc) is 3.03. The van der Waals surface area contributed by atoms with Gasteiger partial charge in [-0.1, -0.05) is 35.5 Å². The van der Waals surface area contributed by atoms with Crippen molar-refractivity contribution >= 4 is 18.3 Å². The van der Waals surface area contributed by atoms with E-state index >= 15 is 0 Å². The second-order valence-corrected chi connectivity index (χ2v) is 6.07. The number of carbonyl (C=O) groups excluding carboxylic acids is 1. The number of likely N-dealkylation sites (N-methyl/N-ethyl adjacent to an activating group) is 1. The molecular formula is C17H24ClN5O2. The summed E-state index contributed by atoms with van der Waals surface area (Å²) >= 11 is 0. The number of rotatable bonds is 6. The molecule has 1 aromatic carbocycles. The summed E-state index contributed by atoms with van der Waals surface area (Å²) in [7, 11) is 1.89. The molecule has 0 saturated carbocycles. The maximum atomic E-state index is 12.2. The molecule has 1 N–H and O–H groups in total. The largest absolute Gasteiger partial charge is 0.339 e. The fourth-order valence-corrected chi connectivity index (χ4v) is 2.74. The Hall–Kier alpha value is -1.96. The molecule has 1 amide bonds. The molecular weight excluding hydrogens is 342 g/mol. The van der Waals surface area contributed by atoms with Gasteiger partial charge in [0.15, 0.2) is 5.82 Å². The second-order valence-electron chi connectivity index (χ2n) is 6.07. The molecule has 8 heteroatoms. The van der Waals surface area contributed by atoms with E-state index in [0.29, 0.717) is 31.2 Å². The number of amides is 1. The molecule has 0 radical (unpaired) electrons. The molecule has 0 bridgehead atoms. The van der Waals surface area contributed by atoms with Gasteiger partial charge in [-0.2, -0.15) is 4.98 Å². The van der Waals surface area contributed by atoms with Crippen LogP contribution in [0.5, 0.6) is 0 Å². The normalized spacial score (nSPS) is 14.4. The molecule has 0 spiro atoms. The molecule has 1 saturated heterocycles. The van der Waals surface area contributed by atoms with Crippen molar-refractivity contribution in [3.8, 4) is 0 Å². The van der Waals surface area contributed by atoms with E-state index < -0.39 is 0 Å². The topological polar surface area (TPSA) is 74.5 Å². The van der Waals surface area contributed by atoms with Gasteiger partial charge in [-0.15, -0.1) is 12.4 Å². The van der Waals surface area contributed by atoms with Gasteiger partial charge in [-0.05, 0) is 12.6 Å². The van der Waals surface area contributed by atoms with Crippen LogP contribution >= 0.6 is 12.4 Å². The summed E-state index contributed by atoms with van der Waals surface area (Å²) in [6.07, 6.45) is 0.647. The van der Waals surface area contributed by atoms with Crippen LogP contribution in [0.2, 0.25) is 0 Å². The smallest absolute Gasteiger partial charge is 0.240 e. The van der Waals surface area contributed by atoms with Crippen LogP contribution in [0, 0.1) is 0 Å². The summed E-state index contributed by atoms with van der Waals surface area (Å²) in [5.74, 6) is 1.34. The van der Waals surface area contributed by atoms with Gasteiger partial charge < -0.3 is 14.7 Å². The highest BCUT2D eigenvalue weighted by Crippen LogP contribution is 2.08. The van der Waals surface area contributed by atoms with Crippen molar-refractivity contribution in [3.05, 3.63) is 47.6 Å². The highest BCUT2D eigenvalue weighted by atomic mass is 35.5. The Bertz CT molecular complexity index is 658. The number of halogens is 1. The number of nitrogens with zero attached hydrogens (tertiary/aromatic N) is 4. The monoisotopic (exact) mass is 365 g/mol. The Morgan fingerprint density at radius 1 is 1.28 bits per heavy atom. The van der Waals surface area contributed by atoms with Gasteiger partial charge in [-0.3, -0.25) is 9.69 Å². The SMILES string of the molecule is CN(CC(=O)N1CCNCC1)Cc1nc(Cc2ccccc2)no1.Cl. The van der Waals surface area contributed by atoms with E-state index in [2.05, 4.69) is 15.5 Å². The fraction of sp³-hybridized carbons (Fsp3) is 0.471. The maximum absolute atomic E-state index is 12.2. The first kappa shape index (κ1) is 19.4. The number of benzene rings is 1. The second kappa shape index (κ2) is 9.50. The maximum Gasteiger partial charge on any atom is 0.240 e. The zero-order valence-corrected chi connectivity index (χ0v) is 15.2. The van der Waals surface area contributed by atoms with Crippen molar-refractivity contribution in [1.82, 2.24) is 25.3 Å². The molecule has 0 aliphatic carbocycles. The molecule has 136 valence electrons. The summed E-state index contributed by atoms with van der Waals surface area (Å²) in [6.45, 7) is 4.10. The number of aromatic nitrogens is 2. The summed E-state index contributed by atoms with van der Waals surface area (Å²) in [5, 5.41) is 7.26. The Labute approximate surface area is 153 Å². The van der Waals surface area contributed by atoms with E-state index in [-0.39, 0.29) is 18.3 Å².